The maximum Gasteiger partial charge on any atom is 0.328 e. The molecule has 0 aliphatic rings. The first-order valence-electron chi connectivity index (χ1n) is 8.81. The molecule has 3 N–H and O–H groups in total. The summed E-state index contributed by atoms with van der Waals surface area (Å²) < 4.78 is 5.75. The molecule has 0 radical (unpaired) electrons. The highest BCUT2D eigenvalue weighted by Gasteiger charge is 2.19. The minimum absolute atomic E-state index is 0.285. The Kier molecular flexibility index (Phi) is 7.62. The molecule has 0 spiro atoms. The number of thiocarbonyl (C=S) groups is 1. The van der Waals surface area contributed by atoms with Crippen LogP contribution in [0.4, 0.5) is 5.82 Å². The summed E-state index contributed by atoms with van der Waals surface area (Å²) in [6.07, 6.45) is 4.09. The van der Waals surface area contributed by atoms with E-state index in [2.05, 4.69) is 38.3 Å². The zero-order valence-corrected chi connectivity index (χ0v) is 18.4. The first-order valence-corrected chi connectivity index (χ1v) is 11.4. The van der Waals surface area contributed by atoms with E-state index in [-0.39, 0.29) is 11.1 Å². The summed E-state index contributed by atoms with van der Waals surface area (Å²) in [6.45, 7) is 0. The van der Waals surface area contributed by atoms with E-state index in [9.17, 15) is 4.79 Å². The summed E-state index contributed by atoms with van der Waals surface area (Å²) >= 11 is 8.56. The zero-order chi connectivity index (χ0) is 20.6. The molecule has 0 saturated heterocycles. The molecule has 0 aliphatic heterocycles. The molecule has 1 atom stereocenters. The van der Waals surface area contributed by atoms with Crippen molar-refractivity contribution in [2.75, 3.05) is 24.5 Å². The van der Waals surface area contributed by atoms with Crippen LogP contribution in [-0.2, 0) is 9.53 Å². The molecule has 0 aliphatic carbocycles. The molecular formula is C19H21N5O2S3. The van der Waals surface area contributed by atoms with Gasteiger partial charge < -0.3 is 10.1 Å². The molecule has 2 aromatic heterocycles. The lowest BCUT2D eigenvalue weighted by Crippen LogP contribution is -2.48. The van der Waals surface area contributed by atoms with Gasteiger partial charge in [0.1, 0.15) is 12.4 Å². The number of ether oxygens (including phenoxy) is 1. The Labute approximate surface area is 182 Å². The Morgan fingerprint density at radius 1 is 1.31 bits per heavy atom. The average Bonchev–Trinajstić information content (AvgIpc) is 3.20. The van der Waals surface area contributed by atoms with E-state index in [1.54, 1.807) is 23.1 Å². The van der Waals surface area contributed by atoms with Gasteiger partial charge in [0.15, 0.2) is 10.9 Å². The number of hydrazine groups is 1. The molecule has 0 amide bonds. The summed E-state index contributed by atoms with van der Waals surface area (Å²) in [5.41, 5.74) is 7.89. The molecule has 0 bridgehead atoms. The summed E-state index contributed by atoms with van der Waals surface area (Å²) in [6, 6.07) is 11.6. The van der Waals surface area contributed by atoms with Gasteiger partial charge in [-0.05, 0) is 42.3 Å². The molecule has 0 saturated carbocycles. The minimum Gasteiger partial charge on any atom is -0.467 e. The van der Waals surface area contributed by atoms with Crippen molar-refractivity contribution in [1.29, 1.82) is 0 Å². The highest BCUT2D eigenvalue weighted by molar-refractivity contribution is 7.98. The van der Waals surface area contributed by atoms with Crippen molar-refractivity contribution < 1.29 is 9.53 Å². The van der Waals surface area contributed by atoms with E-state index in [1.165, 1.54) is 13.4 Å². The van der Waals surface area contributed by atoms with Crippen molar-refractivity contribution in [3.63, 3.8) is 0 Å². The second kappa shape index (κ2) is 10.4. The Bertz CT molecular complexity index is 980. The van der Waals surface area contributed by atoms with Crippen LogP contribution >= 0.6 is 35.3 Å². The lowest BCUT2D eigenvalue weighted by Gasteiger charge is -2.19. The smallest absolute Gasteiger partial charge is 0.328 e. The molecule has 2 heterocycles. The number of rotatable bonds is 8. The number of benzene rings is 1. The number of hydrogen-bond acceptors (Lipinski definition) is 8. The predicted octanol–water partition coefficient (Wildman–Crippen LogP) is 3.44. The Morgan fingerprint density at radius 2 is 2.10 bits per heavy atom. The molecule has 7 nitrogen and oxygen atoms in total. The lowest BCUT2D eigenvalue weighted by atomic mass is 10.2. The summed E-state index contributed by atoms with van der Waals surface area (Å²) in [4.78, 5) is 21.7. The Balaban J connectivity index is 1.69. The summed E-state index contributed by atoms with van der Waals surface area (Å²) in [5, 5.41) is 3.27. The van der Waals surface area contributed by atoms with Gasteiger partial charge in [0.05, 0.1) is 17.3 Å². The minimum atomic E-state index is -0.508. The Hall–Kier alpha value is -2.43. The van der Waals surface area contributed by atoms with Gasteiger partial charge in [-0.1, -0.05) is 30.3 Å². The van der Waals surface area contributed by atoms with Crippen molar-refractivity contribution in [3.8, 4) is 10.4 Å². The number of aromatic nitrogens is 2. The lowest BCUT2D eigenvalue weighted by molar-refractivity contribution is -0.142. The average molecular weight is 448 g/mol. The molecule has 1 aromatic carbocycles. The van der Waals surface area contributed by atoms with Gasteiger partial charge in [-0.3, -0.25) is 10.9 Å². The van der Waals surface area contributed by atoms with Crippen LogP contribution in [0.5, 0.6) is 0 Å². The van der Waals surface area contributed by atoms with Crippen molar-refractivity contribution in [2.24, 2.45) is 0 Å². The molecule has 1 unspecified atom stereocenters. The number of thiophene rings is 1. The molecule has 3 aromatic rings. The number of esters is 1. The van der Waals surface area contributed by atoms with Crippen LogP contribution in [0.2, 0.25) is 0 Å². The van der Waals surface area contributed by atoms with Crippen LogP contribution < -0.4 is 16.2 Å². The number of thioether (sulfide) groups is 1. The van der Waals surface area contributed by atoms with Crippen molar-refractivity contribution in [3.05, 3.63) is 42.7 Å². The van der Waals surface area contributed by atoms with Gasteiger partial charge >= 0.3 is 5.97 Å². The Morgan fingerprint density at radius 3 is 2.83 bits per heavy atom. The predicted molar refractivity (Wildman–Crippen MR) is 124 cm³/mol. The number of hydrogen-bond donors (Lipinski definition) is 3. The molecule has 3 rings (SSSR count). The quantitative estimate of drug-likeness (QED) is 0.273. The number of methoxy groups -OCH3 is 1. The topological polar surface area (TPSA) is 88.2 Å². The third kappa shape index (κ3) is 5.55. The SMILES string of the molecule is COC(=O)C(CCSC)NC(=S)NNc1ncnc2cc(-c3ccccc3)sc12. The monoisotopic (exact) mass is 447 g/mol. The second-order valence-electron chi connectivity index (χ2n) is 5.99. The number of anilines is 1. The van der Waals surface area contributed by atoms with E-state index in [0.29, 0.717) is 12.2 Å². The van der Waals surface area contributed by atoms with Crippen LogP contribution in [0.25, 0.3) is 20.7 Å². The van der Waals surface area contributed by atoms with E-state index in [4.69, 9.17) is 17.0 Å². The molecule has 152 valence electrons. The number of nitrogens with one attached hydrogen (secondary N) is 3. The standard InChI is InChI=1S/C19H21N5O2S3/c1-26-18(25)13(8-9-28-2)22-19(27)24-23-17-16-14(20-11-21-17)10-15(29-16)12-6-4-3-5-7-12/h3-7,10-11,13H,8-9H2,1-2H3,(H,20,21,23)(H2,22,24,27). The maximum atomic E-state index is 11.9. The van der Waals surface area contributed by atoms with Crippen molar-refractivity contribution >= 4 is 62.4 Å². The maximum absolute atomic E-state index is 11.9. The first-order chi connectivity index (χ1) is 14.1. The van der Waals surface area contributed by atoms with E-state index >= 15 is 0 Å². The number of carbonyl (C=O) groups excluding carboxylic acids is 1. The molecule has 29 heavy (non-hydrogen) atoms. The van der Waals surface area contributed by atoms with Crippen LogP contribution in [0, 0.1) is 0 Å². The van der Waals surface area contributed by atoms with Gasteiger partial charge in [-0.15, -0.1) is 11.3 Å². The third-order valence-corrected chi connectivity index (χ3v) is 6.11. The highest BCUT2D eigenvalue weighted by atomic mass is 32.2. The van der Waals surface area contributed by atoms with Gasteiger partial charge in [0.25, 0.3) is 0 Å². The fourth-order valence-electron chi connectivity index (χ4n) is 2.63. The van der Waals surface area contributed by atoms with Crippen LogP contribution in [0.3, 0.4) is 0 Å². The largest absolute Gasteiger partial charge is 0.467 e. The highest BCUT2D eigenvalue weighted by Crippen LogP contribution is 2.35. The van der Waals surface area contributed by atoms with Gasteiger partial charge in [0, 0.05) is 4.88 Å². The molecular weight excluding hydrogens is 426 g/mol. The zero-order valence-electron chi connectivity index (χ0n) is 16.0. The van der Waals surface area contributed by atoms with Crippen molar-refractivity contribution in [2.45, 2.75) is 12.5 Å². The second-order valence-corrected chi connectivity index (χ2v) is 8.44. The van der Waals surface area contributed by atoms with Crippen LogP contribution in [0.15, 0.2) is 42.7 Å². The third-order valence-electron chi connectivity index (χ3n) is 4.07. The fourth-order valence-corrected chi connectivity index (χ4v) is 4.35. The van der Waals surface area contributed by atoms with Crippen molar-refractivity contribution in [1.82, 2.24) is 20.7 Å². The fraction of sp³-hybridized carbons (Fsp3) is 0.263. The molecule has 0 fully saturated rings. The number of carbonyl (C=O) groups is 1. The molecule has 10 heteroatoms. The van der Waals surface area contributed by atoms with Gasteiger partial charge in [-0.2, -0.15) is 11.8 Å². The normalized spacial score (nSPS) is 11.7. The van der Waals surface area contributed by atoms with Gasteiger partial charge in [0.2, 0.25) is 0 Å². The van der Waals surface area contributed by atoms with Gasteiger partial charge in [-0.25, -0.2) is 14.8 Å². The number of fused-ring (bicyclic) bond motifs is 1. The van der Waals surface area contributed by atoms with E-state index in [1.807, 2.05) is 30.5 Å². The summed E-state index contributed by atoms with van der Waals surface area (Å²) in [5.74, 6) is 1.08. The first kappa shape index (κ1) is 21.3. The van der Waals surface area contributed by atoms with Crippen LogP contribution in [-0.4, -0.2) is 46.2 Å². The van der Waals surface area contributed by atoms with E-state index < -0.39 is 6.04 Å². The number of nitrogens with zero attached hydrogens (tertiary/aromatic N) is 2. The van der Waals surface area contributed by atoms with E-state index in [0.717, 1.165) is 26.4 Å². The summed E-state index contributed by atoms with van der Waals surface area (Å²) in [7, 11) is 1.36. The van der Waals surface area contributed by atoms with Crippen LogP contribution in [0.1, 0.15) is 6.42 Å².